The van der Waals surface area contributed by atoms with Crippen LogP contribution in [0.25, 0.3) is 0 Å². The van der Waals surface area contributed by atoms with Crippen LogP contribution in [-0.4, -0.2) is 5.48 Å². The second kappa shape index (κ2) is 6.97. The quantitative estimate of drug-likeness (QED) is 0.611. The first-order valence-corrected chi connectivity index (χ1v) is 9.06. The first kappa shape index (κ1) is 16.6. The van der Waals surface area contributed by atoms with Gasteiger partial charge in [-0.15, -0.1) is 0 Å². The van der Waals surface area contributed by atoms with E-state index in [1.807, 2.05) is 60.7 Å². The smallest absolute Gasteiger partial charge is 0.123 e. The normalized spacial score (nSPS) is 11.5. The van der Waals surface area contributed by atoms with Gasteiger partial charge in [-0.1, -0.05) is 56.3 Å². The van der Waals surface area contributed by atoms with Crippen molar-refractivity contribution >= 4 is 19.9 Å². The van der Waals surface area contributed by atoms with Gasteiger partial charge in [0.15, 0.2) is 0 Å². The summed E-state index contributed by atoms with van der Waals surface area (Å²) in [7, 11) is 5.24. The maximum Gasteiger partial charge on any atom is 0.123 e. The largest absolute Gasteiger partial charge is 0.412 e. The number of hydrogen-bond donors (Lipinski definition) is 0. The molecule has 0 saturated carbocycles. The van der Waals surface area contributed by atoms with E-state index in [0.29, 0.717) is 0 Å². The van der Waals surface area contributed by atoms with Gasteiger partial charge in [0.25, 0.3) is 0 Å². The summed E-state index contributed by atoms with van der Waals surface area (Å²) in [4.78, 5) is 3.02. The lowest BCUT2D eigenvalue weighted by Gasteiger charge is -2.34. The SMILES string of the molecule is Fc1ccc(S(Cl)(c2ccccc2)c2ccccc2)cc1.O. The Labute approximate surface area is 135 Å². The number of hydrogen-bond acceptors (Lipinski definition) is 0. The first-order valence-electron chi connectivity index (χ1n) is 6.60. The van der Waals surface area contributed by atoms with Gasteiger partial charge in [-0.05, 0) is 48.5 Å². The van der Waals surface area contributed by atoms with E-state index in [2.05, 4.69) is 0 Å². The second-order valence-electron chi connectivity index (χ2n) is 4.62. The van der Waals surface area contributed by atoms with Crippen LogP contribution in [0.2, 0.25) is 0 Å². The third-order valence-electron chi connectivity index (χ3n) is 3.27. The Hall–Kier alpha value is -1.81. The topological polar surface area (TPSA) is 31.5 Å². The van der Waals surface area contributed by atoms with Crippen molar-refractivity contribution < 1.29 is 9.87 Å². The van der Waals surface area contributed by atoms with Crippen molar-refractivity contribution in [3.05, 3.63) is 90.7 Å². The summed E-state index contributed by atoms with van der Waals surface area (Å²) in [6.45, 7) is 0. The standard InChI is InChI=1S/C18H14ClFS.H2O/c19-21(16-7-3-1-4-8-16,17-9-5-2-6-10-17)18-13-11-15(20)12-14-18;/h1-14H;1H2. The number of halogens is 2. The van der Waals surface area contributed by atoms with Gasteiger partial charge in [-0.25, -0.2) is 4.39 Å². The van der Waals surface area contributed by atoms with Crippen LogP contribution in [0.15, 0.2) is 99.6 Å². The van der Waals surface area contributed by atoms with Crippen LogP contribution in [0.3, 0.4) is 0 Å². The van der Waals surface area contributed by atoms with Gasteiger partial charge in [-0.2, -0.15) is 0 Å². The molecule has 2 N–H and O–H groups in total. The summed E-state index contributed by atoms with van der Waals surface area (Å²) >= 11 is 0. The van der Waals surface area contributed by atoms with Crippen molar-refractivity contribution in [1.29, 1.82) is 0 Å². The van der Waals surface area contributed by atoms with Gasteiger partial charge in [0.05, 0.1) is 0 Å². The lowest BCUT2D eigenvalue weighted by atomic mass is 10.3. The van der Waals surface area contributed by atoms with Crippen molar-refractivity contribution in [3.63, 3.8) is 0 Å². The molecule has 0 bridgehead atoms. The third kappa shape index (κ3) is 3.02. The van der Waals surface area contributed by atoms with Gasteiger partial charge >= 0.3 is 0 Å². The van der Waals surface area contributed by atoms with E-state index in [0.717, 1.165) is 14.7 Å². The summed E-state index contributed by atoms with van der Waals surface area (Å²) in [5, 5.41) is 0. The zero-order valence-corrected chi connectivity index (χ0v) is 13.3. The van der Waals surface area contributed by atoms with Gasteiger partial charge in [-0.3, -0.25) is 0 Å². The minimum atomic E-state index is -1.89. The molecule has 0 spiro atoms. The molecule has 0 radical (unpaired) electrons. The Morgan fingerprint density at radius 1 is 0.591 bits per heavy atom. The molecule has 3 aromatic carbocycles. The molecule has 1 nitrogen and oxygen atoms in total. The van der Waals surface area contributed by atoms with Crippen LogP contribution in [0.1, 0.15) is 0 Å². The van der Waals surface area contributed by atoms with E-state index in [-0.39, 0.29) is 11.3 Å². The second-order valence-corrected chi connectivity index (χ2v) is 8.50. The monoisotopic (exact) mass is 334 g/mol. The van der Waals surface area contributed by atoms with Crippen molar-refractivity contribution in [1.82, 2.24) is 0 Å². The van der Waals surface area contributed by atoms with Gasteiger partial charge in [0.2, 0.25) is 0 Å². The van der Waals surface area contributed by atoms with E-state index in [4.69, 9.17) is 10.7 Å². The third-order valence-corrected chi connectivity index (χ3v) is 7.64. The molecule has 0 aliphatic carbocycles. The molecule has 0 aliphatic rings. The van der Waals surface area contributed by atoms with E-state index in [1.165, 1.54) is 12.1 Å². The lowest BCUT2D eigenvalue weighted by molar-refractivity contribution is 0.626. The molecule has 0 heterocycles. The maximum absolute atomic E-state index is 13.2. The molecule has 4 heteroatoms. The van der Waals surface area contributed by atoms with Crippen LogP contribution in [0, 0.1) is 5.82 Å². The molecular weight excluding hydrogens is 319 g/mol. The minimum Gasteiger partial charge on any atom is -0.412 e. The lowest BCUT2D eigenvalue weighted by Crippen LogP contribution is -1.96. The molecule has 0 atom stereocenters. The van der Waals surface area contributed by atoms with Gasteiger partial charge in [0.1, 0.15) is 5.82 Å². The predicted molar refractivity (Wildman–Crippen MR) is 91.1 cm³/mol. The molecule has 0 saturated heterocycles. The Bertz CT molecular complexity index is 678. The van der Waals surface area contributed by atoms with E-state index >= 15 is 0 Å². The van der Waals surface area contributed by atoms with Crippen molar-refractivity contribution in [3.8, 4) is 0 Å². The Kier molecular flexibility index (Phi) is 5.24. The summed E-state index contributed by atoms with van der Waals surface area (Å²) < 4.78 is 13.2. The average Bonchev–Trinajstić information content (AvgIpc) is 2.56. The van der Waals surface area contributed by atoms with Crippen molar-refractivity contribution in [2.24, 2.45) is 0 Å². The maximum atomic E-state index is 13.2. The zero-order valence-electron chi connectivity index (χ0n) is 11.7. The van der Waals surface area contributed by atoms with Crippen molar-refractivity contribution in [2.75, 3.05) is 0 Å². The average molecular weight is 335 g/mol. The van der Waals surface area contributed by atoms with Gasteiger partial charge < -0.3 is 5.48 Å². The molecule has 114 valence electrons. The predicted octanol–water partition coefficient (Wildman–Crippen LogP) is 5.44. The summed E-state index contributed by atoms with van der Waals surface area (Å²) in [6.07, 6.45) is 0. The van der Waals surface area contributed by atoms with Crippen LogP contribution >= 0.6 is 19.9 Å². The van der Waals surface area contributed by atoms with Crippen LogP contribution in [0.5, 0.6) is 0 Å². The summed E-state index contributed by atoms with van der Waals surface area (Å²) in [5.74, 6) is -0.252. The summed E-state index contributed by atoms with van der Waals surface area (Å²) in [5.41, 5.74) is 0. The summed E-state index contributed by atoms with van der Waals surface area (Å²) in [6, 6.07) is 26.4. The highest BCUT2D eigenvalue weighted by Gasteiger charge is 2.28. The molecular formula is C18H16ClFOS. The zero-order chi connectivity index (χ0) is 14.7. The van der Waals surface area contributed by atoms with Crippen LogP contribution in [-0.2, 0) is 0 Å². The molecule has 0 aromatic heterocycles. The number of benzene rings is 3. The van der Waals surface area contributed by atoms with Crippen molar-refractivity contribution in [2.45, 2.75) is 14.7 Å². The molecule has 0 unspecified atom stereocenters. The Balaban J connectivity index is 0.00000176. The molecule has 3 rings (SSSR count). The first-order chi connectivity index (χ1) is 10.2. The highest BCUT2D eigenvalue weighted by molar-refractivity contribution is 8.51. The van der Waals surface area contributed by atoms with E-state index < -0.39 is 9.24 Å². The molecule has 0 amide bonds. The van der Waals surface area contributed by atoms with Crippen LogP contribution < -0.4 is 0 Å². The Morgan fingerprint density at radius 3 is 1.36 bits per heavy atom. The molecule has 22 heavy (non-hydrogen) atoms. The molecule has 0 fully saturated rings. The van der Waals surface area contributed by atoms with Gasteiger partial charge in [0, 0.05) is 14.7 Å². The molecule has 0 aliphatic heterocycles. The highest BCUT2D eigenvalue weighted by atomic mass is 35.7. The van der Waals surface area contributed by atoms with E-state index in [9.17, 15) is 4.39 Å². The van der Waals surface area contributed by atoms with E-state index in [1.54, 1.807) is 12.1 Å². The fraction of sp³-hybridized carbons (Fsp3) is 0. The Morgan fingerprint density at radius 2 is 0.955 bits per heavy atom. The highest BCUT2D eigenvalue weighted by Crippen LogP contribution is 2.71. The van der Waals surface area contributed by atoms with Crippen LogP contribution in [0.4, 0.5) is 4.39 Å². The number of rotatable bonds is 3. The minimum absolute atomic E-state index is 0. The molecule has 3 aromatic rings. The fourth-order valence-electron chi connectivity index (χ4n) is 2.25. The fourth-order valence-corrected chi connectivity index (χ4v) is 5.56.